The first-order valence-corrected chi connectivity index (χ1v) is 19.5. The van der Waals surface area contributed by atoms with Crippen molar-refractivity contribution in [3.8, 4) is 23.0 Å². The lowest BCUT2D eigenvalue weighted by atomic mass is 9.72. The fraction of sp³-hybridized carbons (Fsp3) is 0.535. The van der Waals surface area contributed by atoms with Crippen molar-refractivity contribution < 1.29 is 33.3 Å². The number of hydrogen-bond acceptors (Lipinski definition) is 7. The van der Waals surface area contributed by atoms with E-state index in [-0.39, 0.29) is 44.0 Å². The highest BCUT2D eigenvalue weighted by atomic mass is 35.5. The Morgan fingerprint density at radius 1 is 0.615 bits per heavy atom. The monoisotopic (exact) mass is 754 g/mol. The standard InChI is InChI=1S/C33H48O4.C10H8Cl2O3/c1-9-13-34-27-17-23-25(19-29(27)36-15-11-3)33(21-31(23,5)6)22-32(7,8)24-18-28(35-14-10-2)30(20-26(24)33)37-16-12-4;1-2-15-10(14)6-3-8(11)7(5-13)9(12)4-6/h17-20H,9-16,21-22H2,1-8H3;3-5H,2H2,1H3. The number of aldehydes is 1. The maximum Gasteiger partial charge on any atom is 0.338 e. The third-order valence-corrected chi connectivity index (χ3v) is 10.3. The van der Waals surface area contributed by atoms with Crippen LogP contribution < -0.4 is 18.9 Å². The van der Waals surface area contributed by atoms with E-state index in [4.69, 9.17) is 46.9 Å². The van der Waals surface area contributed by atoms with Gasteiger partial charge < -0.3 is 23.7 Å². The van der Waals surface area contributed by atoms with E-state index in [2.05, 4.69) is 79.7 Å². The number of rotatable bonds is 15. The molecule has 7 nitrogen and oxygen atoms in total. The number of halogens is 2. The molecular formula is C43H56Cl2O7. The van der Waals surface area contributed by atoms with E-state index in [1.807, 2.05) is 0 Å². The van der Waals surface area contributed by atoms with Gasteiger partial charge in [-0.05, 0) is 115 Å². The predicted molar refractivity (Wildman–Crippen MR) is 210 cm³/mol. The number of ether oxygens (including phenoxy) is 5. The van der Waals surface area contributed by atoms with E-state index in [1.165, 1.54) is 34.4 Å². The van der Waals surface area contributed by atoms with Gasteiger partial charge in [-0.15, -0.1) is 0 Å². The highest BCUT2D eigenvalue weighted by molar-refractivity contribution is 6.39. The first-order valence-electron chi connectivity index (χ1n) is 18.7. The molecule has 3 aromatic carbocycles. The molecule has 3 aromatic rings. The van der Waals surface area contributed by atoms with Crippen LogP contribution in [0.3, 0.4) is 0 Å². The lowest BCUT2D eigenvalue weighted by Crippen LogP contribution is -2.27. The topological polar surface area (TPSA) is 80.3 Å². The summed E-state index contributed by atoms with van der Waals surface area (Å²) < 4.78 is 29.8. The van der Waals surface area contributed by atoms with Crippen molar-refractivity contribution in [1.29, 1.82) is 0 Å². The molecule has 2 aliphatic carbocycles. The lowest BCUT2D eigenvalue weighted by molar-refractivity contribution is 0.0526. The zero-order chi connectivity index (χ0) is 38.3. The van der Waals surface area contributed by atoms with E-state index in [0.29, 0.717) is 32.7 Å². The fourth-order valence-corrected chi connectivity index (χ4v) is 8.22. The molecule has 52 heavy (non-hydrogen) atoms. The highest BCUT2D eigenvalue weighted by Crippen LogP contribution is 2.65. The van der Waals surface area contributed by atoms with Gasteiger partial charge in [-0.2, -0.15) is 0 Å². The highest BCUT2D eigenvalue weighted by Gasteiger charge is 2.57. The van der Waals surface area contributed by atoms with Gasteiger partial charge in [0.25, 0.3) is 0 Å². The Balaban J connectivity index is 0.000000338. The van der Waals surface area contributed by atoms with Gasteiger partial charge in [-0.1, -0.05) is 78.6 Å². The molecule has 0 saturated carbocycles. The van der Waals surface area contributed by atoms with Crippen LogP contribution in [0.4, 0.5) is 0 Å². The summed E-state index contributed by atoms with van der Waals surface area (Å²) in [6.07, 6.45) is 6.53. The van der Waals surface area contributed by atoms with Gasteiger partial charge in [0, 0.05) is 5.41 Å². The first-order chi connectivity index (χ1) is 24.7. The molecule has 284 valence electrons. The molecule has 0 unspecified atom stereocenters. The minimum Gasteiger partial charge on any atom is -0.490 e. The van der Waals surface area contributed by atoms with Crippen LogP contribution in [0.1, 0.15) is 144 Å². The number of carbonyl (C=O) groups excluding carboxylic acids is 2. The molecule has 0 radical (unpaired) electrons. The number of fused-ring (bicyclic) bond motifs is 4. The van der Waals surface area contributed by atoms with Crippen LogP contribution in [0.5, 0.6) is 23.0 Å². The summed E-state index contributed by atoms with van der Waals surface area (Å²) in [5.41, 5.74) is 5.89. The Labute approximate surface area is 320 Å². The van der Waals surface area contributed by atoms with Gasteiger partial charge in [0.1, 0.15) is 0 Å². The summed E-state index contributed by atoms with van der Waals surface area (Å²) in [6.45, 7) is 22.9. The summed E-state index contributed by atoms with van der Waals surface area (Å²) in [5, 5.41) is 0.279. The molecule has 1 spiro atoms. The van der Waals surface area contributed by atoms with E-state index in [9.17, 15) is 9.59 Å². The second-order valence-corrected chi connectivity index (χ2v) is 15.8. The number of carbonyl (C=O) groups is 2. The molecule has 0 N–H and O–H groups in total. The van der Waals surface area contributed by atoms with Crippen molar-refractivity contribution in [1.82, 2.24) is 0 Å². The van der Waals surface area contributed by atoms with Crippen molar-refractivity contribution >= 4 is 35.5 Å². The number of esters is 1. The second kappa shape index (κ2) is 17.6. The predicted octanol–water partition coefficient (Wildman–Crippen LogP) is 11.5. The van der Waals surface area contributed by atoms with E-state index in [0.717, 1.165) is 61.5 Å². The Morgan fingerprint density at radius 2 is 0.962 bits per heavy atom. The molecule has 5 rings (SSSR count). The van der Waals surface area contributed by atoms with Gasteiger partial charge >= 0.3 is 5.97 Å². The van der Waals surface area contributed by atoms with Crippen molar-refractivity contribution in [3.63, 3.8) is 0 Å². The average Bonchev–Trinajstić information content (AvgIpc) is 3.45. The molecule has 0 saturated heterocycles. The molecular weight excluding hydrogens is 699 g/mol. The first kappa shape index (κ1) is 41.3. The minimum absolute atomic E-state index is 0.0163. The Morgan fingerprint density at radius 3 is 1.27 bits per heavy atom. The van der Waals surface area contributed by atoms with E-state index < -0.39 is 5.97 Å². The third kappa shape index (κ3) is 8.68. The zero-order valence-electron chi connectivity index (χ0n) is 32.4. The summed E-state index contributed by atoms with van der Waals surface area (Å²) in [5.74, 6) is 3.00. The van der Waals surface area contributed by atoms with Crippen molar-refractivity contribution in [3.05, 3.63) is 79.8 Å². The van der Waals surface area contributed by atoms with Crippen LogP contribution in [0.15, 0.2) is 36.4 Å². The maximum absolute atomic E-state index is 11.3. The largest absolute Gasteiger partial charge is 0.490 e. The SMILES string of the molecule is CCCOc1cc2c(cc1OCCC)C1(CC2(C)C)CC(C)(C)c2cc(OCCC)c(OCCC)cc21.CCOC(=O)c1cc(Cl)c(C=O)c(Cl)c1. The van der Waals surface area contributed by atoms with Crippen molar-refractivity contribution in [2.45, 2.75) is 117 Å². The smallest absolute Gasteiger partial charge is 0.338 e. The molecule has 0 atom stereocenters. The lowest BCUT2D eigenvalue weighted by Gasteiger charge is -2.31. The Hall–Kier alpha value is -3.42. The Bertz CT molecular complexity index is 1620. The molecule has 0 fully saturated rings. The van der Waals surface area contributed by atoms with Gasteiger partial charge in [0.05, 0.1) is 54.2 Å². The Kier molecular flexibility index (Phi) is 14.0. The minimum atomic E-state index is -0.515. The van der Waals surface area contributed by atoms with Gasteiger partial charge in [0.15, 0.2) is 29.3 Å². The van der Waals surface area contributed by atoms with E-state index in [1.54, 1.807) is 6.92 Å². The van der Waals surface area contributed by atoms with Gasteiger partial charge in [-0.3, -0.25) is 4.79 Å². The summed E-state index contributed by atoms with van der Waals surface area (Å²) >= 11 is 11.5. The van der Waals surface area contributed by atoms with Crippen molar-refractivity contribution in [2.75, 3.05) is 33.0 Å². The molecule has 0 aliphatic heterocycles. The van der Waals surface area contributed by atoms with Crippen LogP contribution in [0, 0.1) is 0 Å². The maximum atomic E-state index is 11.3. The quantitative estimate of drug-likeness (QED) is 0.113. The van der Waals surface area contributed by atoms with Crippen LogP contribution in [0.25, 0.3) is 0 Å². The summed E-state index contributed by atoms with van der Waals surface area (Å²) in [7, 11) is 0. The third-order valence-electron chi connectivity index (χ3n) is 9.70. The van der Waals surface area contributed by atoms with Crippen LogP contribution in [0.2, 0.25) is 10.0 Å². The van der Waals surface area contributed by atoms with E-state index >= 15 is 0 Å². The number of hydrogen-bond donors (Lipinski definition) is 0. The summed E-state index contributed by atoms with van der Waals surface area (Å²) in [6, 6.07) is 11.9. The van der Waals surface area contributed by atoms with Crippen LogP contribution in [-0.2, 0) is 21.0 Å². The molecule has 0 aromatic heterocycles. The van der Waals surface area contributed by atoms with Gasteiger partial charge in [0.2, 0.25) is 0 Å². The molecule has 9 heteroatoms. The average molecular weight is 756 g/mol. The van der Waals surface area contributed by atoms with Crippen molar-refractivity contribution in [2.24, 2.45) is 0 Å². The second-order valence-electron chi connectivity index (χ2n) is 15.0. The fourth-order valence-electron chi connectivity index (χ4n) is 7.65. The zero-order valence-corrected chi connectivity index (χ0v) is 33.9. The molecule has 0 amide bonds. The number of benzene rings is 3. The summed E-state index contributed by atoms with van der Waals surface area (Å²) in [4.78, 5) is 21.9. The molecule has 2 aliphatic rings. The normalized spacial score (nSPS) is 15.6. The molecule has 0 bridgehead atoms. The van der Waals surface area contributed by atoms with Gasteiger partial charge in [-0.25, -0.2) is 4.79 Å². The molecule has 0 heterocycles. The van der Waals surface area contributed by atoms with Crippen LogP contribution in [-0.4, -0.2) is 45.3 Å². The van der Waals surface area contributed by atoms with Crippen LogP contribution >= 0.6 is 23.2 Å².